The first-order chi connectivity index (χ1) is 8.56. The van der Waals surface area contributed by atoms with E-state index in [1.54, 1.807) is 12.1 Å². The first-order valence-electron chi connectivity index (χ1n) is 6.56. The Balaban J connectivity index is 1.95. The smallest absolute Gasteiger partial charge is 0.335 e. The third kappa shape index (κ3) is 3.29. The second kappa shape index (κ2) is 5.79. The van der Waals surface area contributed by atoms with E-state index in [2.05, 4.69) is 13.8 Å². The molecule has 18 heavy (non-hydrogen) atoms. The van der Waals surface area contributed by atoms with Crippen LogP contribution in [0.3, 0.4) is 0 Å². The lowest BCUT2D eigenvalue weighted by atomic mass is 9.81. The summed E-state index contributed by atoms with van der Waals surface area (Å²) in [4.78, 5) is 12.0. The van der Waals surface area contributed by atoms with Crippen molar-refractivity contribution in [1.29, 1.82) is 0 Å². The van der Waals surface area contributed by atoms with Gasteiger partial charge in [0.25, 0.3) is 0 Å². The minimum absolute atomic E-state index is 0.366. The van der Waals surface area contributed by atoms with E-state index in [0.29, 0.717) is 10.8 Å². The van der Waals surface area contributed by atoms with E-state index in [4.69, 9.17) is 5.11 Å². The van der Waals surface area contributed by atoms with E-state index in [1.807, 2.05) is 23.9 Å². The number of hydrogen-bond acceptors (Lipinski definition) is 2. The van der Waals surface area contributed by atoms with Gasteiger partial charge in [-0.2, -0.15) is 0 Å². The molecule has 1 aromatic carbocycles. The molecule has 1 aliphatic carbocycles. The van der Waals surface area contributed by atoms with Crippen LogP contribution in [0, 0.1) is 11.8 Å². The van der Waals surface area contributed by atoms with Gasteiger partial charge < -0.3 is 5.11 Å². The molecule has 1 N–H and O–H groups in total. The number of hydrogen-bond donors (Lipinski definition) is 1. The second-order valence-electron chi connectivity index (χ2n) is 5.34. The summed E-state index contributed by atoms with van der Waals surface area (Å²) < 4.78 is 0. The summed E-state index contributed by atoms with van der Waals surface area (Å²) in [6, 6.07) is 7.24. The van der Waals surface area contributed by atoms with Gasteiger partial charge in [-0.05, 0) is 55.4 Å². The third-order valence-corrected chi connectivity index (χ3v) is 5.26. The van der Waals surface area contributed by atoms with Crippen molar-refractivity contribution in [2.45, 2.75) is 43.3 Å². The van der Waals surface area contributed by atoms with Gasteiger partial charge in [-0.1, -0.05) is 13.8 Å². The monoisotopic (exact) mass is 264 g/mol. The fraction of sp³-hybridized carbons (Fsp3) is 0.533. The molecule has 1 aliphatic rings. The van der Waals surface area contributed by atoms with Gasteiger partial charge in [0, 0.05) is 10.1 Å². The van der Waals surface area contributed by atoms with Crippen LogP contribution in [0.2, 0.25) is 0 Å². The van der Waals surface area contributed by atoms with Crippen molar-refractivity contribution in [2.75, 3.05) is 0 Å². The normalized spacial score (nSPS) is 28.0. The lowest BCUT2D eigenvalue weighted by molar-refractivity contribution is 0.0697. The Kier molecular flexibility index (Phi) is 4.33. The molecule has 3 atom stereocenters. The van der Waals surface area contributed by atoms with Gasteiger partial charge in [-0.15, -0.1) is 11.8 Å². The van der Waals surface area contributed by atoms with Crippen LogP contribution in [0.4, 0.5) is 0 Å². The molecule has 1 saturated carbocycles. The Bertz CT molecular complexity index is 413. The number of carbonyl (C=O) groups is 1. The average molecular weight is 264 g/mol. The maximum Gasteiger partial charge on any atom is 0.335 e. The maximum absolute atomic E-state index is 10.8. The third-order valence-electron chi connectivity index (χ3n) is 3.95. The van der Waals surface area contributed by atoms with E-state index >= 15 is 0 Å². The van der Waals surface area contributed by atoms with Crippen LogP contribution in [0.1, 0.15) is 43.5 Å². The number of thioether (sulfide) groups is 1. The molecule has 3 unspecified atom stereocenters. The Labute approximate surface area is 113 Å². The zero-order valence-corrected chi connectivity index (χ0v) is 11.7. The fourth-order valence-corrected chi connectivity index (χ4v) is 3.81. The molecular weight excluding hydrogens is 244 g/mol. The summed E-state index contributed by atoms with van der Waals surface area (Å²) >= 11 is 1.90. The number of aromatic carboxylic acids is 1. The van der Waals surface area contributed by atoms with Gasteiger partial charge in [-0.25, -0.2) is 4.79 Å². The predicted molar refractivity (Wildman–Crippen MR) is 75.2 cm³/mol. The van der Waals surface area contributed by atoms with Crippen molar-refractivity contribution in [1.82, 2.24) is 0 Å². The molecule has 0 amide bonds. The summed E-state index contributed by atoms with van der Waals surface area (Å²) in [7, 11) is 0. The summed E-state index contributed by atoms with van der Waals surface area (Å²) in [6.45, 7) is 4.68. The van der Waals surface area contributed by atoms with Crippen molar-refractivity contribution < 1.29 is 9.90 Å². The van der Waals surface area contributed by atoms with Gasteiger partial charge in [0.2, 0.25) is 0 Å². The van der Waals surface area contributed by atoms with E-state index in [-0.39, 0.29) is 0 Å². The SMILES string of the molecule is CC1CCC(Sc2ccc(C(=O)O)cc2)CC1C. The molecule has 0 heterocycles. The van der Waals surface area contributed by atoms with E-state index < -0.39 is 5.97 Å². The highest BCUT2D eigenvalue weighted by atomic mass is 32.2. The molecule has 0 saturated heterocycles. The standard InChI is InChI=1S/C15H20O2S/c1-10-3-6-14(9-11(10)2)18-13-7-4-12(5-8-13)15(16)17/h4-5,7-8,10-11,14H,3,6,9H2,1-2H3,(H,16,17). The van der Waals surface area contributed by atoms with Crippen molar-refractivity contribution in [3.63, 3.8) is 0 Å². The number of rotatable bonds is 3. The van der Waals surface area contributed by atoms with Crippen LogP contribution in [-0.4, -0.2) is 16.3 Å². The summed E-state index contributed by atoms with van der Waals surface area (Å²) in [5, 5.41) is 9.54. The minimum Gasteiger partial charge on any atom is -0.478 e. The lowest BCUT2D eigenvalue weighted by Gasteiger charge is -2.31. The quantitative estimate of drug-likeness (QED) is 0.884. The maximum atomic E-state index is 10.8. The van der Waals surface area contributed by atoms with Crippen LogP contribution in [0.25, 0.3) is 0 Å². The molecule has 98 valence electrons. The van der Waals surface area contributed by atoms with Gasteiger partial charge >= 0.3 is 5.97 Å². The highest BCUT2D eigenvalue weighted by Gasteiger charge is 2.25. The molecule has 0 aromatic heterocycles. The number of carboxylic acids is 1. The largest absolute Gasteiger partial charge is 0.478 e. The molecule has 2 nitrogen and oxygen atoms in total. The van der Waals surface area contributed by atoms with Crippen LogP contribution in [-0.2, 0) is 0 Å². The van der Waals surface area contributed by atoms with Crippen molar-refractivity contribution in [3.8, 4) is 0 Å². The Hall–Kier alpha value is -0.960. The second-order valence-corrected chi connectivity index (χ2v) is 6.71. The van der Waals surface area contributed by atoms with Crippen LogP contribution in [0.15, 0.2) is 29.2 Å². The van der Waals surface area contributed by atoms with Crippen molar-refractivity contribution in [2.24, 2.45) is 11.8 Å². The number of benzene rings is 1. The van der Waals surface area contributed by atoms with Crippen molar-refractivity contribution in [3.05, 3.63) is 29.8 Å². The van der Waals surface area contributed by atoms with Gasteiger partial charge in [0.15, 0.2) is 0 Å². The Morgan fingerprint density at radius 1 is 1.17 bits per heavy atom. The predicted octanol–water partition coefficient (Wildman–Crippen LogP) is 4.30. The van der Waals surface area contributed by atoms with Crippen LogP contribution < -0.4 is 0 Å². The van der Waals surface area contributed by atoms with Crippen molar-refractivity contribution >= 4 is 17.7 Å². The van der Waals surface area contributed by atoms with Gasteiger partial charge in [-0.3, -0.25) is 0 Å². The molecular formula is C15H20O2S. The topological polar surface area (TPSA) is 37.3 Å². The van der Waals surface area contributed by atoms with E-state index in [1.165, 1.54) is 24.2 Å². The molecule has 0 bridgehead atoms. The number of carboxylic acid groups (broad SMARTS) is 1. The van der Waals surface area contributed by atoms with E-state index in [9.17, 15) is 4.79 Å². The summed E-state index contributed by atoms with van der Waals surface area (Å²) in [5.74, 6) is 0.789. The van der Waals surface area contributed by atoms with Crippen LogP contribution >= 0.6 is 11.8 Å². The Morgan fingerprint density at radius 3 is 2.39 bits per heavy atom. The minimum atomic E-state index is -0.855. The highest BCUT2D eigenvalue weighted by Crippen LogP contribution is 2.38. The Morgan fingerprint density at radius 2 is 1.83 bits per heavy atom. The van der Waals surface area contributed by atoms with Gasteiger partial charge in [0.05, 0.1) is 5.56 Å². The molecule has 0 aliphatic heterocycles. The lowest BCUT2D eigenvalue weighted by Crippen LogP contribution is -2.22. The fourth-order valence-electron chi connectivity index (χ4n) is 2.47. The highest BCUT2D eigenvalue weighted by molar-refractivity contribution is 8.00. The zero-order chi connectivity index (χ0) is 13.1. The first kappa shape index (κ1) is 13.5. The van der Waals surface area contributed by atoms with Crippen LogP contribution in [0.5, 0.6) is 0 Å². The van der Waals surface area contributed by atoms with E-state index in [0.717, 1.165) is 11.8 Å². The molecule has 2 rings (SSSR count). The molecule has 0 spiro atoms. The summed E-state index contributed by atoms with van der Waals surface area (Å²) in [6.07, 6.45) is 3.86. The zero-order valence-electron chi connectivity index (χ0n) is 10.9. The molecule has 1 aromatic rings. The first-order valence-corrected chi connectivity index (χ1v) is 7.44. The van der Waals surface area contributed by atoms with Gasteiger partial charge in [0.1, 0.15) is 0 Å². The molecule has 1 fully saturated rings. The molecule has 0 radical (unpaired) electrons. The molecule has 3 heteroatoms. The average Bonchev–Trinajstić information content (AvgIpc) is 2.34. The summed E-state index contributed by atoms with van der Waals surface area (Å²) in [5.41, 5.74) is 0.366.